The lowest BCUT2D eigenvalue weighted by atomic mass is 10.2. The molecule has 0 saturated carbocycles. The lowest BCUT2D eigenvalue weighted by molar-refractivity contribution is 0.0739. The summed E-state index contributed by atoms with van der Waals surface area (Å²) in [6.45, 7) is 4.56. The maximum absolute atomic E-state index is 13.2. The van der Waals surface area contributed by atoms with Crippen LogP contribution in [0.2, 0.25) is 0 Å². The van der Waals surface area contributed by atoms with Crippen LogP contribution >= 0.6 is 0 Å². The predicted molar refractivity (Wildman–Crippen MR) is 121 cm³/mol. The third-order valence-electron chi connectivity index (χ3n) is 5.99. The Hall–Kier alpha value is -3.72. The summed E-state index contributed by atoms with van der Waals surface area (Å²) >= 11 is 0. The smallest absolute Gasteiger partial charge is 0.272 e. The Morgan fingerprint density at radius 2 is 1.94 bits per heavy atom. The number of hydrogen-bond acceptors (Lipinski definition) is 6. The second kappa shape index (κ2) is 8.08. The minimum Gasteiger partial charge on any atom is -0.395 e. The highest BCUT2D eigenvalue weighted by Gasteiger charge is 2.26. The van der Waals surface area contributed by atoms with Crippen LogP contribution in [0.4, 0.5) is 5.69 Å². The van der Waals surface area contributed by atoms with Crippen molar-refractivity contribution in [1.82, 2.24) is 23.8 Å². The maximum Gasteiger partial charge on any atom is 0.272 e. The lowest BCUT2D eigenvalue weighted by Crippen LogP contribution is -2.49. The first kappa shape index (κ1) is 20.2. The Kier molecular flexibility index (Phi) is 5.10. The number of benzene rings is 1. The van der Waals surface area contributed by atoms with Crippen molar-refractivity contribution in [3.8, 4) is 0 Å². The first-order valence-electron chi connectivity index (χ1n) is 10.6. The zero-order valence-electron chi connectivity index (χ0n) is 17.8. The second-order valence-corrected chi connectivity index (χ2v) is 7.92. The number of imidazole rings is 1. The number of aliphatic hydroxyl groups is 1. The number of piperazine rings is 1. The van der Waals surface area contributed by atoms with E-state index in [1.54, 1.807) is 6.07 Å². The van der Waals surface area contributed by atoms with Gasteiger partial charge < -0.3 is 14.9 Å². The number of amides is 1. The number of carbonyl (C=O) groups is 1. The van der Waals surface area contributed by atoms with Crippen LogP contribution < -0.4 is 10.5 Å². The number of rotatable bonds is 4. The van der Waals surface area contributed by atoms with Gasteiger partial charge >= 0.3 is 0 Å². The van der Waals surface area contributed by atoms with Gasteiger partial charge in [0.2, 0.25) is 0 Å². The van der Waals surface area contributed by atoms with Gasteiger partial charge in [0.15, 0.2) is 0 Å². The average molecular weight is 432 g/mol. The molecule has 1 aliphatic rings. The van der Waals surface area contributed by atoms with Gasteiger partial charge in [-0.25, -0.2) is 9.97 Å². The van der Waals surface area contributed by atoms with Gasteiger partial charge in [0.25, 0.3) is 11.5 Å². The number of aromatic nitrogens is 4. The van der Waals surface area contributed by atoms with Crippen molar-refractivity contribution in [2.75, 3.05) is 37.7 Å². The summed E-state index contributed by atoms with van der Waals surface area (Å²) in [5, 5.41) is 9.62. The molecule has 9 heteroatoms. The fourth-order valence-corrected chi connectivity index (χ4v) is 4.30. The molecule has 0 atom stereocenters. The van der Waals surface area contributed by atoms with Gasteiger partial charge in [-0.05, 0) is 37.3 Å². The summed E-state index contributed by atoms with van der Waals surface area (Å²) in [6, 6.07) is 11.3. The molecule has 3 aromatic heterocycles. The molecule has 0 radical (unpaired) electrons. The van der Waals surface area contributed by atoms with E-state index in [1.165, 1.54) is 10.9 Å². The van der Waals surface area contributed by atoms with Crippen LogP contribution in [0, 0.1) is 6.92 Å². The molecule has 0 bridgehead atoms. The number of fused-ring (bicyclic) bond motifs is 2. The highest BCUT2D eigenvalue weighted by Crippen LogP contribution is 2.22. The molecule has 1 aliphatic heterocycles. The second-order valence-electron chi connectivity index (χ2n) is 7.92. The molecule has 164 valence electrons. The number of hydrogen-bond donors (Lipinski definition) is 1. The zero-order valence-corrected chi connectivity index (χ0v) is 17.8. The van der Waals surface area contributed by atoms with E-state index in [1.807, 2.05) is 52.8 Å². The average Bonchev–Trinajstić information content (AvgIpc) is 3.16. The van der Waals surface area contributed by atoms with Gasteiger partial charge in [0.05, 0.1) is 36.1 Å². The molecule has 32 heavy (non-hydrogen) atoms. The summed E-state index contributed by atoms with van der Waals surface area (Å²) in [5.74, 6) is -0.00883. The van der Waals surface area contributed by atoms with E-state index >= 15 is 0 Å². The molecule has 1 N–H and O–H groups in total. The molecule has 0 aliphatic carbocycles. The van der Waals surface area contributed by atoms with E-state index in [0.717, 1.165) is 17.0 Å². The number of aliphatic hydroxyl groups excluding tert-OH is 1. The van der Waals surface area contributed by atoms with E-state index in [0.29, 0.717) is 42.8 Å². The monoisotopic (exact) mass is 432 g/mol. The van der Waals surface area contributed by atoms with Crippen LogP contribution in [0.25, 0.3) is 16.6 Å². The van der Waals surface area contributed by atoms with Crippen molar-refractivity contribution in [1.29, 1.82) is 0 Å². The molecule has 4 heterocycles. The van der Waals surface area contributed by atoms with Crippen LogP contribution in [0.1, 0.15) is 16.2 Å². The molecule has 1 aromatic carbocycles. The minimum atomic E-state index is -0.158. The fraction of sp³-hybridized carbons (Fsp3) is 0.304. The SMILES string of the molecule is Cc1nc2ccccn2c1C(=O)N1CCN(c2ccc3c(=O)n(CCO)cnc3c2)CC1. The molecule has 1 amide bonds. The van der Waals surface area contributed by atoms with E-state index in [9.17, 15) is 9.59 Å². The Bertz CT molecular complexity index is 1370. The number of aryl methyl sites for hydroxylation is 1. The van der Waals surface area contributed by atoms with E-state index in [-0.39, 0.29) is 24.6 Å². The van der Waals surface area contributed by atoms with Crippen LogP contribution in [0.3, 0.4) is 0 Å². The van der Waals surface area contributed by atoms with Gasteiger partial charge in [-0.2, -0.15) is 0 Å². The normalized spacial score (nSPS) is 14.4. The first-order chi connectivity index (χ1) is 15.6. The van der Waals surface area contributed by atoms with Crippen molar-refractivity contribution in [3.63, 3.8) is 0 Å². The molecule has 4 aromatic rings. The van der Waals surface area contributed by atoms with E-state index in [4.69, 9.17) is 5.11 Å². The number of carbonyl (C=O) groups excluding carboxylic acids is 1. The summed E-state index contributed by atoms with van der Waals surface area (Å²) in [7, 11) is 0. The van der Waals surface area contributed by atoms with Gasteiger partial charge in [0.1, 0.15) is 11.3 Å². The van der Waals surface area contributed by atoms with E-state index in [2.05, 4.69) is 14.9 Å². The number of anilines is 1. The zero-order chi connectivity index (χ0) is 22.2. The molecule has 0 unspecified atom stereocenters. The molecule has 9 nitrogen and oxygen atoms in total. The topological polar surface area (TPSA) is 96.0 Å². The Morgan fingerprint density at radius 3 is 2.72 bits per heavy atom. The predicted octanol–water partition coefficient (Wildman–Crippen LogP) is 1.31. The van der Waals surface area contributed by atoms with Crippen LogP contribution in [-0.2, 0) is 6.54 Å². The highest BCUT2D eigenvalue weighted by atomic mass is 16.3. The van der Waals surface area contributed by atoms with Gasteiger partial charge in [-0.3, -0.25) is 18.6 Å². The first-order valence-corrected chi connectivity index (χ1v) is 10.6. The highest BCUT2D eigenvalue weighted by molar-refractivity contribution is 5.95. The maximum atomic E-state index is 13.2. The summed E-state index contributed by atoms with van der Waals surface area (Å²) in [5.41, 5.74) is 3.56. The molecule has 1 saturated heterocycles. The van der Waals surface area contributed by atoms with Crippen molar-refractivity contribution < 1.29 is 9.90 Å². The minimum absolute atomic E-state index is 0.00883. The molecule has 0 spiro atoms. The Labute approximate surface area is 184 Å². The third-order valence-corrected chi connectivity index (χ3v) is 5.99. The van der Waals surface area contributed by atoms with Crippen LogP contribution in [0.15, 0.2) is 53.7 Å². The largest absolute Gasteiger partial charge is 0.395 e. The van der Waals surface area contributed by atoms with Crippen molar-refractivity contribution in [2.24, 2.45) is 0 Å². The lowest BCUT2D eigenvalue weighted by Gasteiger charge is -2.36. The van der Waals surface area contributed by atoms with Gasteiger partial charge in [0, 0.05) is 38.1 Å². The molecular formula is C23H24N6O3. The quantitative estimate of drug-likeness (QED) is 0.522. The standard InChI is InChI=1S/C23H24N6O3/c1-16-21(29-7-3-2-4-20(29)25-16)23(32)27-10-8-26(9-11-27)17-5-6-18-19(14-17)24-15-28(12-13-30)22(18)31/h2-7,14-15,30H,8-13H2,1H3. The van der Waals surface area contributed by atoms with Crippen molar-refractivity contribution in [2.45, 2.75) is 13.5 Å². The summed E-state index contributed by atoms with van der Waals surface area (Å²) < 4.78 is 3.26. The van der Waals surface area contributed by atoms with Crippen LogP contribution in [0.5, 0.6) is 0 Å². The van der Waals surface area contributed by atoms with Crippen LogP contribution in [-0.4, -0.2) is 67.6 Å². The van der Waals surface area contributed by atoms with Gasteiger partial charge in [-0.1, -0.05) is 6.07 Å². The fourth-order valence-electron chi connectivity index (χ4n) is 4.30. The molecule has 5 rings (SSSR count). The number of pyridine rings is 1. The van der Waals surface area contributed by atoms with E-state index < -0.39 is 0 Å². The molecule has 1 fully saturated rings. The van der Waals surface area contributed by atoms with Crippen molar-refractivity contribution >= 4 is 28.1 Å². The Morgan fingerprint density at radius 1 is 1.12 bits per heavy atom. The summed E-state index contributed by atoms with van der Waals surface area (Å²) in [4.78, 5) is 38.7. The Balaban J connectivity index is 1.33. The van der Waals surface area contributed by atoms with Gasteiger partial charge in [-0.15, -0.1) is 0 Å². The summed E-state index contributed by atoms with van der Waals surface area (Å²) in [6.07, 6.45) is 3.34. The third kappa shape index (κ3) is 3.40. The number of nitrogens with zero attached hydrogens (tertiary/aromatic N) is 6. The molecular weight excluding hydrogens is 408 g/mol. The van der Waals surface area contributed by atoms with Crippen molar-refractivity contribution in [3.05, 3.63) is 70.7 Å².